The van der Waals surface area contributed by atoms with Crippen LogP contribution in [-0.2, 0) is 0 Å². The van der Waals surface area contributed by atoms with Crippen LogP contribution in [0, 0.1) is 0 Å². The van der Waals surface area contributed by atoms with Crippen molar-refractivity contribution in [1.29, 1.82) is 0 Å². The fourth-order valence-electron chi connectivity index (χ4n) is 1.06. The van der Waals surface area contributed by atoms with E-state index in [4.69, 9.17) is 5.73 Å². The molecular formula is C9H12ClF2N3O. The van der Waals surface area contributed by atoms with Crippen molar-refractivity contribution >= 4 is 24.1 Å². The van der Waals surface area contributed by atoms with Gasteiger partial charge in [0.1, 0.15) is 11.5 Å². The van der Waals surface area contributed by atoms with Crippen LogP contribution >= 0.6 is 12.4 Å². The summed E-state index contributed by atoms with van der Waals surface area (Å²) in [4.78, 5) is 16.2. The summed E-state index contributed by atoms with van der Waals surface area (Å²) in [7, 11) is 1.29. The molecular weight excluding hydrogens is 240 g/mol. The molecule has 0 saturated carbocycles. The highest BCUT2D eigenvalue weighted by molar-refractivity contribution is 5.92. The quantitative estimate of drug-likeness (QED) is 0.884. The Morgan fingerprint density at radius 1 is 1.56 bits per heavy atom. The van der Waals surface area contributed by atoms with Crippen LogP contribution in [-0.4, -0.2) is 35.8 Å². The average molecular weight is 252 g/mol. The molecule has 1 rings (SSSR count). The van der Waals surface area contributed by atoms with Crippen LogP contribution in [0.1, 0.15) is 10.5 Å². The molecule has 0 aliphatic rings. The van der Waals surface area contributed by atoms with E-state index in [0.717, 1.165) is 4.90 Å². The van der Waals surface area contributed by atoms with Crippen molar-refractivity contribution in [3.05, 3.63) is 23.9 Å². The third-order valence-electron chi connectivity index (χ3n) is 1.75. The normalized spacial score (nSPS) is 9.75. The maximum atomic E-state index is 12.0. The van der Waals surface area contributed by atoms with E-state index in [1.807, 2.05) is 0 Å². The average Bonchev–Trinajstić information content (AvgIpc) is 2.15. The number of halogens is 3. The van der Waals surface area contributed by atoms with Gasteiger partial charge in [0.2, 0.25) is 0 Å². The third-order valence-corrected chi connectivity index (χ3v) is 1.75. The topological polar surface area (TPSA) is 59.2 Å². The second-order valence-electron chi connectivity index (χ2n) is 3.02. The predicted octanol–water partition coefficient (Wildman–Crippen LogP) is 1.42. The molecule has 0 fully saturated rings. The fourth-order valence-corrected chi connectivity index (χ4v) is 1.06. The molecule has 0 bridgehead atoms. The monoisotopic (exact) mass is 251 g/mol. The number of rotatable bonds is 3. The molecule has 1 aromatic heterocycles. The van der Waals surface area contributed by atoms with Crippen LogP contribution < -0.4 is 5.73 Å². The van der Waals surface area contributed by atoms with Gasteiger partial charge in [0.25, 0.3) is 12.3 Å². The maximum absolute atomic E-state index is 12.0. The predicted molar refractivity (Wildman–Crippen MR) is 58.9 cm³/mol. The third kappa shape index (κ3) is 3.98. The van der Waals surface area contributed by atoms with Crippen LogP contribution in [0.25, 0.3) is 0 Å². The number of carbonyl (C=O) groups is 1. The molecule has 7 heteroatoms. The number of anilines is 1. The summed E-state index contributed by atoms with van der Waals surface area (Å²) in [5, 5.41) is 0. The van der Waals surface area contributed by atoms with Gasteiger partial charge in [-0.1, -0.05) is 6.07 Å². The summed E-state index contributed by atoms with van der Waals surface area (Å²) in [6, 6.07) is 4.50. The molecule has 1 amide bonds. The number of carbonyl (C=O) groups excluding carboxylic acids is 1. The first-order valence-corrected chi connectivity index (χ1v) is 4.27. The van der Waals surface area contributed by atoms with E-state index < -0.39 is 18.9 Å². The Hall–Kier alpha value is -1.43. The van der Waals surface area contributed by atoms with Gasteiger partial charge < -0.3 is 10.6 Å². The van der Waals surface area contributed by atoms with E-state index in [-0.39, 0.29) is 23.9 Å². The van der Waals surface area contributed by atoms with Gasteiger partial charge in [-0.15, -0.1) is 12.4 Å². The van der Waals surface area contributed by atoms with Crippen molar-refractivity contribution in [2.24, 2.45) is 0 Å². The van der Waals surface area contributed by atoms with Crippen LogP contribution in [0.4, 0.5) is 14.6 Å². The van der Waals surface area contributed by atoms with Gasteiger partial charge in [0.05, 0.1) is 6.54 Å². The lowest BCUT2D eigenvalue weighted by molar-refractivity contribution is 0.0615. The number of nitrogens with zero attached hydrogens (tertiary/aromatic N) is 2. The lowest BCUT2D eigenvalue weighted by Gasteiger charge is -2.15. The van der Waals surface area contributed by atoms with Gasteiger partial charge in [-0.05, 0) is 12.1 Å². The highest BCUT2D eigenvalue weighted by Crippen LogP contribution is 2.05. The number of nitrogen functional groups attached to an aromatic ring is 1. The molecule has 0 aliphatic heterocycles. The summed E-state index contributed by atoms with van der Waals surface area (Å²) in [5.74, 6) is -0.381. The minimum Gasteiger partial charge on any atom is -0.384 e. The summed E-state index contributed by atoms with van der Waals surface area (Å²) < 4.78 is 24.0. The van der Waals surface area contributed by atoms with Crippen LogP contribution in [0.2, 0.25) is 0 Å². The van der Waals surface area contributed by atoms with Crippen molar-refractivity contribution in [3.63, 3.8) is 0 Å². The van der Waals surface area contributed by atoms with E-state index in [0.29, 0.717) is 0 Å². The van der Waals surface area contributed by atoms with Crippen LogP contribution in [0.3, 0.4) is 0 Å². The summed E-state index contributed by atoms with van der Waals surface area (Å²) >= 11 is 0. The highest BCUT2D eigenvalue weighted by Gasteiger charge is 2.16. The van der Waals surface area contributed by atoms with E-state index in [1.165, 1.54) is 19.2 Å². The van der Waals surface area contributed by atoms with Gasteiger partial charge in [0, 0.05) is 7.05 Å². The summed E-state index contributed by atoms with van der Waals surface area (Å²) in [6.45, 7) is -0.616. The minimum atomic E-state index is -2.56. The lowest BCUT2D eigenvalue weighted by atomic mass is 10.3. The molecule has 0 atom stereocenters. The van der Waals surface area contributed by atoms with Crippen LogP contribution in [0.5, 0.6) is 0 Å². The summed E-state index contributed by atoms with van der Waals surface area (Å²) in [5.41, 5.74) is 5.44. The SMILES string of the molecule is CN(CC(F)F)C(=O)c1cccc(N)n1.Cl. The second-order valence-corrected chi connectivity index (χ2v) is 3.02. The number of amides is 1. The molecule has 2 N–H and O–H groups in total. The Labute approximate surface area is 97.9 Å². The molecule has 0 saturated heterocycles. The van der Waals surface area contributed by atoms with Gasteiger partial charge in [-0.25, -0.2) is 13.8 Å². The number of hydrogen-bond acceptors (Lipinski definition) is 3. The Balaban J connectivity index is 0.00000225. The van der Waals surface area contributed by atoms with Gasteiger partial charge in [0.15, 0.2) is 0 Å². The first-order chi connectivity index (χ1) is 7.00. The van der Waals surface area contributed by atoms with Crippen molar-refractivity contribution in [1.82, 2.24) is 9.88 Å². The molecule has 0 radical (unpaired) electrons. The number of hydrogen-bond donors (Lipinski definition) is 1. The second kappa shape index (κ2) is 6.22. The van der Waals surface area contributed by atoms with Crippen molar-refractivity contribution < 1.29 is 13.6 Å². The zero-order valence-electron chi connectivity index (χ0n) is 8.56. The number of nitrogens with two attached hydrogens (primary N) is 1. The molecule has 1 aromatic rings. The summed E-state index contributed by atoms with van der Waals surface area (Å²) in [6.07, 6.45) is -2.56. The largest absolute Gasteiger partial charge is 0.384 e. The Morgan fingerprint density at radius 3 is 2.69 bits per heavy atom. The standard InChI is InChI=1S/C9H11F2N3O.ClH/c1-14(5-7(10)11)9(15)6-3-2-4-8(12)13-6;/h2-4,7H,5H2,1H3,(H2,12,13);1H. The first kappa shape index (κ1) is 14.6. The molecule has 16 heavy (non-hydrogen) atoms. The lowest BCUT2D eigenvalue weighted by Crippen LogP contribution is -2.31. The van der Waals surface area contributed by atoms with E-state index in [2.05, 4.69) is 4.98 Å². The zero-order valence-corrected chi connectivity index (χ0v) is 9.38. The molecule has 0 spiro atoms. The molecule has 90 valence electrons. The fraction of sp³-hybridized carbons (Fsp3) is 0.333. The van der Waals surface area contributed by atoms with Crippen molar-refractivity contribution in [2.45, 2.75) is 6.43 Å². The van der Waals surface area contributed by atoms with Gasteiger partial charge in [-0.2, -0.15) is 0 Å². The van der Waals surface area contributed by atoms with E-state index >= 15 is 0 Å². The first-order valence-electron chi connectivity index (χ1n) is 4.27. The molecule has 1 heterocycles. The molecule has 0 aliphatic carbocycles. The molecule has 0 unspecified atom stereocenters. The minimum absolute atomic E-state index is 0. The van der Waals surface area contributed by atoms with Gasteiger partial charge >= 0.3 is 0 Å². The van der Waals surface area contributed by atoms with Gasteiger partial charge in [-0.3, -0.25) is 4.79 Å². The Morgan fingerprint density at radius 2 is 2.19 bits per heavy atom. The molecule has 0 aromatic carbocycles. The van der Waals surface area contributed by atoms with Crippen molar-refractivity contribution in [2.75, 3.05) is 19.3 Å². The maximum Gasteiger partial charge on any atom is 0.272 e. The Bertz CT molecular complexity index is 362. The number of alkyl halides is 2. The highest BCUT2D eigenvalue weighted by atomic mass is 35.5. The molecule has 4 nitrogen and oxygen atoms in total. The zero-order chi connectivity index (χ0) is 11.4. The van der Waals surface area contributed by atoms with E-state index in [9.17, 15) is 13.6 Å². The van der Waals surface area contributed by atoms with E-state index in [1.54, 1.807) is 6.07 Å². The smallest absolute Gasteiger partial charge is 0.272 e. The van der Waals surface area contributed by atoms with Crippen LogP contribution in [0.15, 0.2) is 18.2 Å². The van der Waals surface area contributed by atoms with Crippen molar-refractivity contribution in [3.8, 4) is 0 Å². The Kier molecular flexibility index (Phi) is 5.66. The number of aromatic nitrogens is 1. The number of pyridine rings is 1.